The van der Waals surface area contributed by atoms with E-state index in [-0.39, 0.29) is 18.0 Å². The maximum absolute atomic E-state index is 13.5. The highest BCUT2D eigenvalue weighted by atomic mass is 31.2. The minimum Gasteiger partial charge on any atom is -0.421 e. The van der Waals surface area contributed by atoms with Gasteiger partial charge in [-0.3, -0.25) is 4.52 Å². The van der Waals surface area contributed by atoms with Crippen LogP contribution in [0.4, 0.5) is 4.39 Å². The van der Waals surface area contributed by atoms with Gasteiger partial charge < -0.3 is 4.52 Å². The second-order valence-electron chi connectivity index (χ2n) is 4.81. The minimum atomic E-state index is -3.26. The smallest absolute Gasteiger partial charge is 0.379 e. The lowest BCUT2D eigenvalue weighted by Gasteiger charge is -2.26. The standard InChI is InChI=1S/C14H20FO3P/c1-2-19(16,17-12-8-4-3-5-9-12)18-14-11-7-6-10-13(14)15/h6-7,10-12H,2-5,8-9H2,1H3. The van der Waals surface area contributed by atoms with E-state index >= 15 is 0 Å². The molecule has 1 saturated carbocycles. The molecule has 19 heavy (non-hydrogen) atoms. The van der Waals surface area contributed by atoms with Crippen molar-refractivity contribution in [1.82, 2.24) is 0 Å². The van der Waals surface area contributed by atoms with Gasteiger partial charge in [0.2, 0.25) is 0 Å². The highest BCUT2D eigenvalue weighted by Crippen LogP contribution is 2.50. The average molecular weight is 286 g/mol. The molecule has 0 aromatic heterocycles. The Morgan fingerprint density at radius 3 is 2.58 bits per heavy atom. The molecule has 0 amide bonds. The van der Waals surface area contributed by atoms with Gasteiger partial charge in [0.1, 0.15) is 0 Å². The van der Waals surface area contributed by atoms with Gasteiger partial charge in [0.05, 0.1) is 12.3 Å². The first-order chi connectivity index (χ1) is 9.13. The Morgan fingerprint density at radius 1 is 1.26 bits per heavy atom. The van der Waals surface area contributed by atoms with E-state index < -0.39 is 13.4 Å². The molecule has 0 spiro atoms. The zero-order valence-electron chi connectivity index (χ0n) is 11.2. The first-order valence-electron chi connectivity index (χ1n) is 6.84. The fraction of sp³-hybridized carbons (Fsp3) is 0.571. The number of halogens is 1. The summed E-state index contributed by atoms with van der Waals surface area (Å²) in [5.74, 6) is -0.507. The van der Waals surface area contributed by atoms with Crippen molar-refractivity contribution in [1.29, 1.82) is 0 Å². The molecule has 1 aromatic carbocycles. The zero-order valence-corrected chi connectivity index (χ0v) is 12.1. The first-order valence-corrected chi connectivity index (χ1v) is 8.57. The number of hydrogen-bond donors (Lipinski definition) is 0. The summed E-state index contributed by atoms with van der Waals surface area (Å²) in [6, 6.07) is 5.98. The van der Waals surface area contributed by atoms with Crippen LogP contribution in [-0.2, 0) is 9.09 Å². The first kappa shape index (κ1) is 14.5. The van der Waals surface area contributed by atoms with Gasteiger partial charge >= 0.3 is 7.60 Å². The van der Waals surface area contributed by atoms with Gasteiger partial charge in [0.25, 0.3) is 0 Å². The average Bonchev–Trinajstić information content (AvgIpc) is 2.42. The summed E-state index contributed by atoms with van der Waals surface area (Å²) in [7, 11) is -3.26. The Kier molecular flexibility index (Phi) is 5.00. The van der Waals surface area contributed by atoms with Crippen molar-refractivity contribution in [2.45, 2.75) is 45.1 Å². The second kappa shape index (κ2) is 6.53. The predicted molar refractivity (Wildman–Crippen MR) is 73.1 cm³/mol. The third kappa shape index (κ3) is 4.05. The van der Waals surface area contributed by atoms with Crippen molar-refractivity contribution in [2.24, 2.45) is 0 Å². The van der Waals surface area contributed by atoms with Crippen LogP contribution in [-0.4, -0.2) is 12.3 Å². The third-order valence-corrected chi connectivity index (χ3v) is 5.19. The fourth-order valence-electron chi connectivity index (χ4n) is 2.23. The van der Waals surface area contributed by atoms with Crippen LogP contribution >= 0.6 is 7.60 Å². The van der Waals surface area contributed by atoms with E-state index in [1.807, 2.05) is 0 Å². The van der Waals surface area contributed by atoms with Crippen molar-refractivity contribution in [3.05, 3.63) is 30.1 Å². The number of benzene rings is 1. The van der Waals surface area contributed by atoms with Crippen molar-refractivity contribution in [2.75, 3.05) is 6.16 Å². The highest BCUT2D eigenvalue weighted by Gasteiger charge is 2.30. The Labute approximate surface area is 113 Å². The Bertz CT molecular complexity index is 458. The molecular formula is C14H20FO3P. The molecule has 1 fully saturated rings. The minimum absolute atomic E-state index is 0.00323. The SMILES string of the molecule is CCP(=O)(Oc1ccccc1F)OC1CCCCC1. The van der Waals surface area contributed by atoms with E-state index in [4.69, 9.17) is 9.05 Å². The maximum atomic E-state index is 13.5. The number of hydrogen-bond acceptors (Lipinski definition) is 3. The molecule has 0 bridgehead atoms. The zero-order chi connectivity index (χ0) is 13.7. The van der Waals surface area contributed by atoms with E-state index in [9.17, 15) is 8.96 Å². The molecule has 3 nitrogen and oxygen atoms in total. The summed E-state index contributed by atoms with van der Waals surface area (Å²) in [5.41, 5.74) is 0. The normalized spacial score (nSPS) is 19.9. The molecule has 0 N–H and O–H groups in total. The Balaban J connectivity index is 2.05. The fourth-order valence-corrected chi connectivity index (χ4v) is 3.66. The molecule has 0 heterocycles. The number of para-hydroxylation sites is 1. The van der Waals surface area contributed by atoms with E-state index in [2.05, 4.69) is 0 Å². The topological polar surface area (TPSA) is 35.5 Å². The molecule has 1 atom stereocenters. The Hall–Kier alpha value is -0.860. The molecule has 106 valence electrons. The predicted octanol–water partition coefficient (Wildman–Crippen LogP) is 4.77. The van der Waals surface area contributed by atoms with Gasteiger partial charge in [0, 0.05) is 0 Å². The van der Waals surface area contributed by atoms with Crippen LogP contribution in [0.3, 0.4) is 0 Å². The molecule has 1 aliphatic rings. The van der Waals surface area contributed by atoms with E-state index in [0.717, 1.165) is 25.7 Å². The van der Waals surface area contributed by atoms with Crippen molar-refractivity contribution in [3.8, 4) is 5.75 Å². The quantitative estimate of drug-likeness (QED) is 0.732. The van der Waals surface area contributed by atoms with Gasteiger partial charge in [-0.1, -0.05) is 38.3 Å². The lowest BCUT2D eigenvalue weighted by molar-refractivity contribution is 0.137. The van der Waals surface area contributed by atoms with Gasteiger partial charge in [-0.15, -0.1) is 0 Å². The summed E-state index contributed by atoms with van der Waals surface area (Å²) >= 11 is 0. The third-order valence-electron chi connectivity index (χ3n) is 3.32. The van der Waals surface area contributed by atoms with E-state index in [1.165, 1.54) is 18.6 Å². The molecule has 0 radical (unpaired) electrons. The lowest BCUT2D eigenvalue weighted by Crippen LogP contribution is -2.17. The van der Waals surface area contributed by atoms with Crippen LogP contribution in [0.15, 0.2) is 24.3 Å². The molecule has 1 aromatic rings. The van der Waals surface area contributed by atoms with Crippen LogP contribution in [0.2, 0.25) is 0 Å². The highest BCUT2D eigenvalue weighted by molar-refractivity contribution is 7.54. The largest absolute Gasteiger partial charge is 0.421 e. The van der Waals surface area contributed by atoms with Crippen LogP contribution in [0.1, 0.15) is 39.0 Å². The van der Waals surface area contributed by atoms with Gasteiger partial charge in [-0.05, 0) is 25.0 Å². The molecule has 1 unspecified atom stereocenters. The monoisotopic (exact) mass is 286 g/mol. The summed E-state index contributed by atoms with van der Waals surface area (Å²) in [4.78, 5) is 0. The van der Waals surface area contributed by atoms with Crippen molar-refractivity contribution in [3.63, 3.8) is 0 Å². The molecule has 1 aliphatic carbocycles. The van der Waals surface area contributed by atoms with Gasteiger partial charge in [-0.2, -0.15) is 0 Å². The lowest BCUT2D eigenvalue weighted by atomic mass is 9.98. The van der Waals surface area contributed by atoms with Crippen molar-refractivity contribution < 1.29 is 18.0 Å². The van der Waals surface area contributed by atoms with E-state index in [0.29, 0.717) is 0 Å². The molecule has 0 aliphatic heterocycles. The summed E-state index contributed by atoms with van der Waals surface area (Å²) in [5, 5.41) is 0. The van der Waals surface area contributed by atoms with E-state index in [1.54, 1.807) is 19.1 Å². The van der Waals surface area contributed by atoms with Crippen LogP contribution in [0.25, 0.3) is 0 Å². The van der Waals surface area contributed by atoms with Crippen molar-refractivity contribution >= 4 is 7.60 Å². The summed E-state index contributed by atoms with van der Waals surface area (Å²) in [6.07, 6.45) is 5.42. The number of rotatable bonds is 5. The van der Waals surface area contributed by atoms with Crippen LogP contribution in [0, 0.1) is 5.82 Å². The molecule has 0 saturated heterocycles. The van der Waals surface area contributed by atoms with Crippen LogP contribution < -0.4 is 4.52 Å². The van der Waals surface area contributed by atoms with Crippen LogP contribution in [0.5, 0.6) is 5.75 Å². The summed E-state index contributed by atoms with van der Waals surface area (Å²) in [6.45, 7) is 1.74. The molecular weight excluding hydrogens is 266 g/mol. The maximum Gasteiger partial charge on any atom is 0.379 e. The molecule has 2 rings (SSSR count). The summed E-state index contributed by atoms with van der Waals surface area (Å²) < 4.78 is 37.1. The van der Waals surface area contributed by atoms with Gasteiger partial charge in [-0.25, -0.2) is 8.96 Å². The second-order valence-corrected chi connectivity index (χ2v) is 7.06. The molecule has 5 heteroatoms. The Morgan fingerprint density at radius 2 is 1.95 bits per heavy atom. The van der Waals surface area contributed by atoms with Gasteiger partial charge in [0.15, 0.2) is 11.6 Å².